The quantitative estimate of drug-likeness (QED) is 0.250. The van der Waals surface area contributed by atoms with Crippen LogP contribution in [-0.2, 0) is 48.1 Å². The van der Waals surface area contributed by atoms with Crippen molar-refractivity contribution in [2.75, 3.05) is 20.3 Å². The van der Waals surface area contributed by atoms with E-state index in [1.807, 2.05) is 79.7 Å². The fraction of sp³-hybridized carbons (Fsp3) is 0.459. The smallest absolute Gasteiger partial charge is 0.410 e. The van der Waals surface area contributed by atoms with Crippen LogP contribution < -0.4 is 4.74 Å². The van der Waals surface area contributed by atoms with Gasteiger partial charge in [0, 0.05) is 19.5 Å². The molecule has 0 radical (unpaired) electrons. The largest absolute Gasteiger partial charge is 0.464 e. The molecule has 0 saturated carbocycles. The van der Waals surface area contributed by atoms with Crippen molar-refractivity contribution in [3.63, 3.8) is 0 Å². The molecule has 0 spiro atoms. The highest BCUT2D eigenvalue weighted by molar-refractivity contribution is 5.78. The highest BCUT2D eigenvalue weighted by atomic mass is 16.8. The molecule has 2 heterocycles. The molecule has 47 heavy (non-hydrogen) atoms. The molecule has 1 unspecified atom stereocenters. The van der Waals surface area contributed by atoms with Gasteiger partial charge in [-0.1, -0.05) is 79.7 Å². The van der Waals surface area contributed by atoms with Gasteiger partial charge in [0.15, 0.2) is 5.79 Å². The molecule has 5 atom stereocenters. The van der Waals surface area contributed by atoms with Crippen LogP contribution in [0.3, 0.4) is 0 Å². The minimum absolute atomic E-state index is 0.0910. The minimum Gasteiger partial charge on any atom is -0.464 e. The Balaban J connectivity index is 1.21. The summed E-state index contributed by atoms with van der Waals surface area (Å²) in [6.45, 7) is 6.78. The number of aliphatic hydroxyl groups excluding tert-OH is 1. The second-order valence-electron chi connectivity index (χ2n) is 12.7. The standard InChI is InChI=1S/C37H45NO9/c1-26-22-37(34(40)42-4,47-33(32(26)39)31-25-44-36(2,3)46-31)45-30-19-17-27(18-20-30)16-11-21-38(23-28-12-7-5-8-13-28)35(41)43-24-29-14-9-6-10-15-29/h5-10,12-15,17-20,26,31-33,39H,11,16,21-25H2,1-4H3/t26-,31-,32-,33?,37-/m1/s1. The number of amides is 1. The SMILES string of the molecule is COC(=O)[C@@]1(Oc2ccc(CCCN(Cc3ccccc3)C(=O)OCc3ccccc3)cc2)C[C@@H](C)[C@@H](O)C([C@H]2COC(C)(C)O2)O1. The minimum atomic E-state index is -1.77. The number of rotatable bonds is 12. The Kier molecular flexibility index (Phi) is 11.2. The third kappa shape index (κ3) is 8.90. The number of aryl methyl sites for hydroxylation is 1. The molecule has 2 aliphatic heterocycles. The van der Waals surface area contributed by atoms with Gasteiger partial charge in [-0.3, -0.25) is 0 Å². The monoisotopic (exact) mass is 647 g/mol. The topological polar surface area (TPSA) is 113 Å². The predicted molar refractivity (Wildman–Crippen MR) is 173 cm³/mol. The second-order valence-corrected chi connectivity index (χ2v) is 12.7. The van der Waals surface area contributed by atoms with Gasteiger partial charge >= 0.3 is 17.8 Å². The third-order valence-corrected chi connectivity index (χ3v) is 8.51. The van der Waals surface area contributed by atoms with Crippen molar-refractivity contribution in [1.82, 2.24) is 4.90 Å². The molecule has 2 saturated heterocycles. The van der Waals surface area contributed by atoms with Crippen LogP contribution >= 0.6 is 0 Å². The van der Waals surface area contributed by atoms with Gasteiger partial charge in [0.05, 0.1) is 19.8 Å². The van der Waals surface area contributed by atoms with Gasteiger partial charge < -0.3 is 38.4 Å². The molecule has 2 fully saturated rings. The van der Waals surface area contributed by atoms with Crippen molar-refractivity contribution in [2.24, 2.45) is 5.92 Å². The molecule has 1 N–H and O–H groups in total. The molecule has 10 heteroatoms. The summed E-state index contributed by atoms with van der Waals surface area (Å²) in [5, 5.41) is 11.0. The van der Waals surface area contributed by atoms with E-state index in [1.54, 1.807) is 30.9 Å². The molecule has 0 aliphatic carbocycles. The van der Waals surface area contributed by atoms with Crippen LogP contribution in [0.15, 0.2) is 84.9 Å². The van der Waals surface area contributed by atoms with E-state index in [-0.39, 0.29) is 31.6 Å². The highest BCUT2D eigenvalue weighted by Gasteiger charge is 2.57. The normalized spacial score (nSPS) is 25.1. The van der Waals surface area contributed by atoms with Crippen molar-refractivity contribution in [3.8, 4) is 5.75 Å². The van der Waals surface area contributed by atoms with E-state index < -0.39 is 35.9 Å². The van der Waals surface area contributed by atoms with Crippen LogP contribution in [0, 0.1) is 5.92 Å². The number of carbonyl (C=O) groups is 2. The summed E-state index contributed by atoms with van der Waals surface area (Å²) in [4.78, 5) is 28.0. The van der Waals surface area contributed by atoms with E-state index in [9.17, 15) is 14.7 Å². The number of aliphatic hydroxyl groups is 1. The van der Waals surface area contributed by atoms with E-state index in [4.69, 9.17) is 28.4 Å². The van der Waals surface area contributed by atoms with Crippen molar-refractivity contribution >= 4 is 12.1 Å². The van der Waals surface area contributed by atoms with Gasteiger partial charge in [-0.15, -0.1) is 0 Å². The van der Waals surface area contributed by atoms with E-state index in [0.29, 0.717) is 31.7 Å². The zero-order valence-corrected chi connectivity index (χ0v) is 27.5. The summed E-state index contributed by atoms with van der Waals surface area (Å²) in [5.74, 6) is -3.23. The van der Waals surface area contributed by atoms with Gasteiger partial charge in [-0.25, -0.2) is 9.59 Å². The Morgan fingerprint density at radius 2 is 1.57 bits per heavy atom. The second kappa shape index (κ2) is 15.3. The molecule has 3 aromatic rings. The molecule has 3 aromatic carbocycles. The van der Waals surface area contributed by atoms with Crippen molar-refractivity contribution < 1.29 is 43.1 Å². The number of carbonyl (C=O) groups excluding carboxylic acids is 2. The number of esters is 1. The molecule has 2 aliphatic rings. The molecule has 5 rings (SSSR count). The molecular formula is C37H45NO9. The Morgan fingerprint density at radius 3 is 2.19 bits per heavy atom. The fourth-order valence-corrected chi connectivity index (χ4v) is 6.01. The lowest BCUT2D eigenvalue weighted by Crippen LogP contribution is -2.62. The Labute approximate surface area is 276 Å². The average molecular weight is 648 g/mol. The van der Waals surface area contributed by atoms with Crippen molar-refractivity contribution in [2.45, 2.75) is 83.1 Å². The highest BCUT2D eigenvalue weighted by Crippen LogP contribution is 2.40. The lowest BCUT2D eigenvalue weighted by Gasteiger charge is -2.45. The molecule has 1 amide bonds. The Bertz CT molecular complexity index is 1450. The number of methoxy groups -OCH3 is 1. The average Bonchev–Trinajstić information content (AvgIpc) is 3.45. The van der Waals surface area contributed by atoms with Crippen LogP contribution in [0.2, 0.25) is 0 Å². The Morgan fingerprint density at radius 1 is 0.915 bits per heavy atom. The van der Waals surface area contributed by atoms with Crippen molar-refractivity contribution in [3.05, 3.63) is 102 Å². The molecule has 10 nitrogen and oxygen atoms in total. The van der Waals surface area contributed by atoms with E-state index in [1.165, 1.54) is 7.11 Å². The van der Waals surface area contributed by atoms with Crippen LogP contribution in [0.25, 0.3) is 0 Å². The van der Waals surface area contributed by atoms with Crippen molar-refractivity contribution in [1.29, 1.82) is 0 Å². The van der Waals surface area contributed by atoms with Crippen LogP contribution in [0.4, 0.5) is 4.79 Å². The van der Waals surface area contributed by atoms with Crippen LogP contribution in [0.1, 0.15) is 50.3 Å². The first-order valence-corrected chi connectivity index (χ1v) is 16.1. The summed E-state index contributed by atoms with van der Waals surface area (Å²) in [5.41, 5.74) is 2.99. The van der Waals surface area contributed by atoms with E-state index >= 15 is 0 Å². The van der Waals surface area contributed by atoms with Gasteiger partial charge in [-0.2, -0.15) is 0 Å². The molecule has 0 aromatic heterocycles. The first-order valence-electron chi connectivity index (χ1n) is 16.1. The summed E-state index contributed by atoms with van der Waals surface area (Å²) in [7, 11) is 1.28. The number of hydrogen-bond donors (Lipinski definition) is 1. The van der Waals surface area contributed by atoms with Crippen LogP contribution in [-0.4, -0.2) is 72.2 Å². The maximum absolute atomic E-state index is 13.2. The van der Waals surface area contributed by atoms with Crippen LogP contribution in [0.5, 0.6) is 5.75 Å². The first-order chi connectivity index (χ1) is 22.6. The maximum Gasteiger partial charge on any atom is 0.410 e. The lowest BCUT2D eigenvalue weighted by atomic mass is 9.86. The number of nitrogens with zero attached hydrogens (tertiary/aromatic N) is 1. The number of benzene rings is 3. The van der Waals surface area contributed by atoms with E-state index in [2.05, 4.69) is 0 Å². The summed E-state index contributed by atoms with van der Waals surface area (Å²) in [6, 6.07) is 26.9. The first kappa shape index (κ1) is 34.4. The summed E-state index contributed by atoms with van der Waals surface area (Å²) in [6.07, 6.45) is -1.20. The maximum atomic E-state index is 13.2. The third-order valence-electron chi connectivity index (χ3n) is 8.51. The molecule has 0 bridgehead atoms. The summed E-state index contributed by atoms with van der Waals surface area (Å²) < 4.78 is 34.9. The number of hydrogen-bond acceptors (Lipinski definition) is 9. The predicted octanol–water partition coefficient (Wildman–Crippen LogP) is 5.64. The molecular weight excluding hydrogens is 602 g/mol. The van der Waals surface area contributed by atoms with Gasteiger partial charge in [0.1, 0.15) is 24.6 Å². The zero-order chi connectivity index (χ0) is 33.4. The fourth-order valence-electron chi connectivity index (χ4n) is 6.01. The Hall–Kier alpha value is -3.96. The lowest BCUT2D eigenvalue weighted by molar-refractivity contribution is -0.293. The summed E-state index contributed by atoms with van der Waals surface area (Å²) >= 11 is 0. The van der Waals surface area contributed by atoms with E-state index in [0.717, 1.165) is 16.7 Å². The van der Waals surface area contributed by atoms with Gasteiger partial charge in [-0.05, 0) is 61.4 Å². The zero-order valence-electron chi connectivity index (χ0n) is 27.5. The number of ether oxygens (including phenoxy) is 6. The van der Waals surface area contributed by atoms with Gasteiger partial charge in [0.2, 0.25) is 0 Å². The molecule has 252 valence electrons. The van der Waals surface area contributed by atoms with Gasteiger partial charge in [0.25, 0.3) is 0 Å².